The second-order valence-electron chi connectivity index (χ2n) is 3.48. The molecule has 0 aliphatic rings. The SMILES string of the molecule is Cc1nsc(Sc2c(F)cccc2CCN)n1. The molecule has 0 amide bonds. The molecule has 1 aromatic heterocycles. The monoisotopic (exact) mass is 269 g/mol. The summed E-state index contributed by atoms with van der Waals surface area (Å²) in [6.45, 7) is 2.33. The third kappa shape index (κ3) is 3.02. The lowest BCUT2D eigenvalue weighted by Gasteiger charge is -2.07. The fourth-order valence-electron chi connectivity index (χ4n) is 1.43. The Labute approximate surface area is 107 Å². The molecule has 0 spiro atoms. The first-order valence-electron chi connectivity index (χ1n) is 5.16. The van der Waals surface area contributed by atoms with Crippen LogP contribution in [-0.4, -0.2) is 15.9 Å². The fourth-order valence-corrected chi connectivity index (χ4v) is 3.18. The largest absolute Gasteiger partial charge is 0.330 e. The van der Waals surface area contributed by atoms with Gasteiger partial charge in [0.1, 0.15) is 11.6 Å². The number of benzene rings is 1. The Morgan fingerprint density at radius 1 is 1.47 bits per heavy atom. The van der Waals surface area contributed by atoms with Gasteiger partial charge in [-0.25, -0.2) is 9.37 Å². The van der Waals surface area contributed by atoms with E-state index in [9.17, 15) is 4.39 Å². The van der Waals surface area contributed by atoms with Gasteiger partial charge in [-0.05, 0) is 43.1 Å². The van der Waals surface area contributed by atoms with Gasteiger partial charge in [-0.1, -0.05) is 23.9 Å². The highest BCUT2D eigenvalue weighted by Crippen LogP contribution is 2.33. The summed E-state index contributed by atoms with van der Waals surface area (Å²) in [6, 6.07) is 5.05. The fraction of sp³-hybridized carbons (Fsp3) is 0.273. The van der Waals surface area contributed by atoms with E-state index < -0.39 is 0 Å². The minimum atomic E-state index is -0.228. The predicted octanol–water partition coefficient (Wildman–Crippen LogP) is 2.64. The highest BCUT2D eigenvalue weighted by Gasteiger charge is 2.12. The number of nitrogens with zero attached hydrogens (tertiary/aromatic N) is 2. The van der Waals surface area contributed by atoms with E-state index in [4.69, 9.17) is 5.73 Å². The molecule has 1 heterocycles. The van der Waals surface area contributed by atoms with E-state index in [1.54, 1.807) is 6.07 Å². The van der Waals surface area contributed by atoms with Crippen molar-refractivity contribution in [2.24, 2.45) is 5.73 Å². The zero-order valence-electron chi connectivity index (χ0n) is 9.31. The maximum atomic E-state index is 13.8. The van der Waals surface area contributed by atoms with Crippen molar-refractivity contribution in [3.63, 3.8) is 0 Å². The average Bonchev–Trinajstić information content (AvgIpc) is 2.70. The molecule has 0 atom stereocenters. The molecule has 0 aliphatic carbocycles. The summed E-state index contributed by atoms with van der Waals surface area (Å²) in [5.41, 5.74) is 6.44. The van der Waals surface area contributed by atoms with Gasteiger partial charge in [-0.15, -0.1) is 0 Å². The van der Waals surface area contributed by atoms with Gasteiger partial charge in [0.2, 0.25) is 0 Å². The average molecular weight is 269 g/mol. The van der Waals surface area contributed by atoms with Crippen LogP contribution < -0.4 is 5.73 Å². The lowest BCUT2D eigenvalue weighted by atomic mass is 10.1. The minimum Gasteiger partial charge on any atom is -0.330 e. The summed E-state index contributed by atoms with van der Waals surface area (Å²) in [6.07, 6.45) is 0.665. The number of aryl methyl sites for hydroxylation is 1. The Balaban J connectivity index is 2.30. The van der Waals surface area contributed by atoms with Crippen molar-refractivity contribution in [3.8, 4) is 0 Å². The van der Waals surface area contributed by atoms with Gasteiger partial charge in [0.15, 0.2) is 4.34 Å². The van der Waals surface area contributed by atoms with Gasteiger partial charge in [-0.2, -0.15) is 4.37 Å². The highest BCUT2D eigenvalue weighted by atomic mass is 32.2. The normalized spacial score (nSPS) is 10.8. The van der Waals surface area contributed by atoms with Crippen molar-refractivity contribution in [3.05, 3.63) is 35.4 Å². The maximum Gasteiger partial charge on any atom is 0.174 e. The van der Waals surface area contributed by atoms with Crippen LogP contribution in [0, 0.1) is 12.7 Å². The molecule has 90 valence electrons. The first-order valence-corrected chi connectivity index (χ1v) is 6.75. The molecule has 2 N–H and O–H groups in total. The standard InChI is InChI=1S/C11H12FN3S2/c1-7-14-11(17-15-7)16-10-8(5-6-13)3-2-4-9(10)12/h2-4H,5-6,13H2,1H3. The van der Waals surface area contributed by atoms with E-state index in [2.05, 4.69) is 9.36 Å². The lowest BCUT2D eigenvalue weighted by Crippen LogP contribution is -2.04. The van der Waals surface area contributed by atoms with Crippen LogP contribution in [0.3, 0.4) is 0 Å². The van der Waals surface area contributed by atoms with E-state index in [1.807, 2.05) is 13.0 Å². The zero-order valence-corrected chi connectivity index (χ0v) is 10.9. The molecule has 0 bridgehead atoms. The molecule has 0 fully saturated rings. The van der Waals surface area contributed by atoms with Crippen LogP contribution >= 0.6 is 23.3 Å². The van der Waals surface area contributed by atoms with E-state index >= 15 is 0 Å². The van der Waals surface area contributed by atoms with Crippen LogP contribution in [-0.2, 0) is 6.42 Å². The van der Waals surface area contributed by atoms with Crippen molar-refractivity contribution >= 4 is 23.3 Å². The summed E-state index contributed by atoms with van der Waals surface area (Å²) in [5.74, 6) is 0.489. The number of nitrogens with two attached hydrogens (primary N) is 1. The summed E-state index contributed by atoms with van der Waals surface area (Å²) < 4.78 is 18.6. The van der Waals surface area contributed by atoms with Crippen molar-refractivity contribution < 1.29 is 4.39 Å². The van der Waals surface area contributed by atoms with Crippen LogP contribution in [0.4, 0.5) is 4.39 Å². The Hall–Kier alpha value is -0.980. The van der Waals surface area contributed by atoms with Gasteiger partial charge in [0, 0.05) is 0 Å². The number of hydrogen-bond acceptors (Lipinski definition) is 5. The summed E-state index contributed by atoms with van der Waals surface area (Å²) >= 11 is 2.60. The number of rotatable bonds is 4. The third-order valence-corrected chi connectivity index (χ3v) is 4.16. The van der Waals surface area contributed by atoms with Gasteiger partial charge in [-0.3, -0.25) is 0 Å². The van der Waals surface area contributed by atoms with Gasteiger partial charge >= 0.3 is 0 Å². The highest BCUT2D eigenvalue weighted by molar-refractivity contribution is 8.01. The molecule has 2 rings (SSSR count). The van der Waals surface area contributed by atoms with Crippen molar-refractivity contribution in [1.82, 2.24) is 9.36 Å². The molecular weight excluding hydrogens is 257 g/mol. The molecule has 0 aliphatic heterocycles. The zero-order chi connectivity index (χ0) is 12.3. The maximum absolute atomic E-state index is 13.8. The van der Waals surface area contributed by atoms with E-state index in [0.29, 0.717) is 23.7 Å². The summed E-state index contributed by atoms with van der Waals surface area (Å²) in [4.78, 5) is 4.83. The van der Waals surface area contributed by atoms with E-state index in [0.717, 1.165) is 9.90 Å². The number of hydrogen-bond donors (Lipinski definition) is 1. The summed E-state index contributed by atoms with van der Waals surface area (Å²) in [7, 11) is 0. The minimum absolute atomic E-state index is 0.228. The molecule has 6 heteroatoms. The van der Waals surface area contributed by atoms with Crippen molar-refractivity contribution in [2.75, 3.05) is 6.54 Å². The molecular formula is C11H12FN3S2. The lowest BCUT2D eigenvalue weighted by molar-refractivity contribution is 0.597. The second-order valence-corrected chi connectivity index (χ2v) is 5.49. The van der Waals surface area contributed by atoms with Crippen LogP contribution in [0.5, 0.6) is 0 Å². The first kappa shape index (κ1) is 12.5. The van der Waals surface area contributed by atoms with Crippen LogP contribution in [0.2, 0.25) is 0 Å². The molecule has 17 heavy (non-hydrogen) atoms. The van der Waals surface area contributed by atoms with Crippen molar-refractivity contribution in [2.45, 2.75) is 22.6 Å². The molecule has 3 nitrogen and oxygen atoms in total. The second kappa shape index (κ2) is 5.57. The van der Waals surface area contributed by atoms with Gasteiger partial charge < -0.3 is 5.73 Å². The molecule has 2 aromatic rings. The first-order chi connectivity index (χ1) is 8.20. The molecule has 0 saturated carbocycles. The molecule has 0 unspecified atom stereocenters. The third-order valence-electron chi connectivity index (χ3n) is 2.16. The Morgan fingerprint density at radius 2 is 2.29 bits per heavy atom. The molecule has 0 radical (unpaired) electrons. The van der Waals surface area contributed by atoms with Crippen LogP contribution in [0.15, 0.2) is 27.4 Å². The quantitative estimate of drug-likeness (QED) is 0.927. The Morgan fingerprint density at radius 3 is 2.94 bits per heavy atom. The summed E-state index contributed by atoms with van der Waals surface area (Å²) in [5, 5.41) is 0. The number of halogens is 1. The molecule has 1 aromatic carbocycles. The number of aromatic nitrogens is 2. The predicted molar refractivity (Wildman–Crippen MR) is 67.9 cm³/mol. The van der Waals surface area contributed by atoms with Gasteiger partial charge in [0.05, 0.1) is 4.90 Å². The van der Waals surface area contributed by atoms with Crippen molar-refractivity contribution in [1.29, 1.82) is 0 Å². The Kier molecular flexibility index (Phi) is 4.09. The van der Waals surface area contributed by atoms with E-state index in [-0.39, 0.29) is 5.82 Å². The van der Waals surface area contributed by atoms with E-state index in [1.165, 1.54) is 29.4 Å². The molecule has 0 saturated heterocycles. The van der Waals surface area contributed by atoms with Crippen LogP contribution in [0.1, 0.15) is 11.4 Å². The smallest absolute Gasteiger partial charge is 0.174 e. The Bertz CT molecular complexity index is 513. The topological polar surface area (TPSA) is 51.8 Å². The van der Waals surface area contributed by atoms with Gasteiger partial charge in [0.25, 0.3) is 0 Å². The van der Waals surface area contributed by atoms with Crippen LogP contribution in [0.25, 0.3) is 0 Å².